The monoisotopic (exact) mass is 414 g/mol. The molecule has 0 spiro atoms. The minimum absolute atomic E-state index is 0.0130. The van der Waals surface area contributed by atoms with Gasteiger partial charge in [0.05, 0.1) is 17.7 Å². The Morgan fingerprint density at radius 2 is 1.81 bits per heavy atom. The third kappa shape index (κ3) is 4.27. The molecular formula is C23H18N4O4. The number of fused-ring (bicyclic) bond motifs is 2. The fourth-order valence-corrected chi connectivity index (χ4v) is 3.34. The predicted molar refractivity (Wildman–Crippen MR) is 120 cm³/mol. The molecule has 0 heterocycles. The highest BCUT2D eigenvalue weighted by Crippen LogP contribution is 2.28. The van der Waals surface area contributed by atoms with Gasteiger partial charge in [-0.2, -0.15) is 5.10 Å². The van der Waals surface area contributed by atoms with Crippen molar-refractivity contribution in [3.05, 3.63) is 88.5 Å². The van der Waals surface area contributed by atoms with Gasteiger partial charge in [-0.05, 0) is 34.4 Å². The van der Waals surface area contributed by atoms with Gasteiger partial charge < -0.3 is 10.4 Å². The summed E-state index contributed by atoms with van der Waals surface area (Å²) >= 11 is 0. The standard InChI is InChI=1S/C23H18N4O4/c28-22-11-8-16-12-17(27(30)31)9-10-18(16)20(22)13-25-26-23(29)14-24-21-7-3-5-15-4-1-2-6-19(15)21/h1-13,24,28H,14H2,(H,26,29)/b25-13+. The summed E-state index contributed by atoms with van der Waals surface area (Å²) in [5.74, 6) is -0.409. The van der Waals surface area contributed by atoms with Crippen LogP contribution in [0.2, 0.25) is 0 Å². The number of anilines is 1. The maximum absolute atomic E-state index is 12.2. The molecule has 8 heteroatoms. The van der Waals surface area contributed by atoms with E-state index in [0.29, 0.717) is 16.3 Å². The van der Waals surface area contributed by atoms with E-state index in [4.69, 9.17) is 0 Å². The molecule has 3 N–H and O–H groups in total. The first kappa shape index (κ1) is 19.8. The maximum atomic E-state index is 12.2. The smallest absolute Gasteiger partial charge is 0.270 e. The number of nitrogens with zero attached hydrogens (tertiary/aromatic N) is 2. The number of phenolic OH excluding ortho intramolecular Hbond substituents is 1. The van der Waals surface area contributed by atoms with Crippen molar-refractivity contribution in [2.45, 2.75) is 0 Å². The van der Waals surface area contributed by atoms with E-state index in [9.17, 15) is 20.0 Å². The third-order valence-electron chi connectivity index (χ3n) is 4.84. The van der Waals surface area contributed by atoms with Gasteiger partial charge in [-0.1, -0.05) is 42.5 Å². The Kier molecular flexibility index (Phi) is 5.44. The molecule has 0 radical (unpaired) electrons. The number of hydrogen-bond donors (Lipinski definition) is 3. The Bertz CT molecular complexity index is 1330. The quantitative estimate of drug-likeness (QED) is 0.249. The van der Waals surface area contributed by atoms with Crippen molar-refractivity contribution < 1.29 is 14.8 Å². The van der Waals surface area contributed by atoms with E-state index in [0.717, 1.165) is 16.5 Å². The van der Waals surface area contributed by atoms with E-state index in [1.165, 1.54) is 24.4 Å². The van der Waals surface area contributed by atoms with Crippen molar-refractivity contribution >= 4 is 45.0 Å². The van der Waals surface area contributed by atoms with Crippen LogP contribution < -0.4 is 10.7 Å². The Morgan fingerprint density at radius 3 is 2.65 bits per heavy atom. The minimum Gasteiger partial charge on any atom is -0.507 e. The summed E-state index contributed by atoms with van der Waals surface area (Å²) in [6.45, 7) is 0.0130. The highest BCUT2D eigenvalue weighted by molar-refractivity contribution is 6.03. The summed E-state index contributed by atoms with van der Waals surface area (Å²) in [4.78, 5) is 22.7. The first-order valence-corrected chi connectivity index (χ1v) is 9.46. The number of hydrazone groups is 1. The molecule has 0 bridgehead atoms. The summed E-state index contributed by atoms with van der Waals surface area (Å²) < 4.78 is 0. The van der Waals surface area contributed by atoms with Crippen LogP contribution in [0.1, 0.15) is 5.56 Å². The molecule has 4 aromatic rings. The molecule has 0 aliphatic rings. The van der Waals surface area contributed by atoms with Crippen LogP contribution in [-0.4, -0.2) is 28.7 Å². The van der Waals surface area contributed by atoms with E-state index in [1.807, 2.05) is 42.5 Å². The molecule has 4 aromatic carbocycles. The molecular weight excluding hydrogens is 396 g/mol. The van der Waals surface area contributed by atoms with Crippen molar-refractivity contribution in [3.8, 4) is 5.75 Å². The average molecular weight is 414 g/mol. The lowest BCUT2D eigenvalue weighted by Crippen LogP contribution is -2.25. The lowest BCUT2D eigenvalue weighted by molar-refractivity contribution is -0.384. The molecule has 31 heavy (non-hydrogen) atoms. The van der Waals surface area contributed by atoms with Crippen molar-refractivity contribution in [1.29, 1.82) is 0 Å². The van der Waals surface area contributed by atoms with E-state index < -0.39 is 4.92 Å². The van der Waals surface area contributed by atoms with Crippen molar-refractivity contribution in [1.82, 2.24) is 5.43 Å². The number of nitro benzene ring substituents is 1. The lowest BCUT2D eigenvalue weighted by Gasteiger charge is -2.09. The molecule has 0 aliphatic carbocycles. The zero-order valence-corrected chi connectivity index (χ0v) is 16.3. The topological polar surface area (TPSA) is 117 Å². The van der Waals surface area contributed by atoms with Gasteiger partial charge in [0.25, 0.3) is 11.6 Å². The number of non-ortho nitro benzene ring substituents is 1. The van der Waals surface area contributed by atoms with Crippen LogP contribution in [-0.2, 0) is 4.79 Å². The number of aromatic hydroxyl groups is 1. The lowest BCUT2D eigenvalue weighted by atomic mass is 10.0. The van der Waals surface area contributed by atoms with E-state index in [1.54, 1.807) is 12.1 Å². The fourth-order valence-electron chi connectivity index (χ4n) is 3.34. The number of hydrogen-bond acceptors (Lipinski definition) is 6. The van der Waals surface area contributed by atoms with Crippen LogP contribution in [0.3, 0.4) is 0 Å². The molecule has 0 fully saturated rings. The number of nitrogens with one attached hydrogen (secondary N) is 2. The summed E-state index contributed by atoms with van der Waals surface area (Å²) in [5.41, 5.74) is 3.57. The van der Waals surface area contributed by atoms with Gasteiger partial charge in [0.2, 0.25) is 0 Å². The minimum atomic E-state index is -0.483. The van der Waals surface area contributed by atoms with Gasteiger partial charge in [0.1, 0.15) is 5.75 Å². The molecule has 0 atom stereocenters. The normalized spacial score (nSPS) is 11.1. The molecule has 0 aromatic heterocycles. The van der Waals surface area contributed by atoms with Crippen LogP contribution in [0, 0.1) is 10.1 Å². The van der Waals surface area contributed by atoms with Gasteiger partial charge in [0, 0.05) is 28.8 Å². The number of nitro groups is 1. The second kappa shape index (κ2) is 8.50. The largest absolute Gasteiger partial charge is 0.507 e. The number of phenols is 1. The predicted octanol–water partition coefficient (Wildman–Crippen LogP) is 4.17. The number of amides is 1. The number of carbonyl (C=O) groups is 1. The Hall–Kier alpha value is -4.46. The summed E-state index contributed by atoms with van der Waals surface area (Å²) in [6, 6.07) is 21.0. The zero-order chi connectivity index (χ0) is 21.8. The molecule has 1 amide bonds. The molecule has 0 unspecified atom stereocenters. The Labute approximate surface area is 177 Å². The van der Waals surface area contributed by atoms with Crippen LogP contribution in [0.15, 0.2) is 77.9 Å². The summed E-state index contributed by atoms with van der Waals surface area (Å²) in [5, 5.41) is 31.4. The van der Waals surface area contributed by atoms with Crippen molar-refractivity contribution in [2.75, 3.05) is 11.9 Å². The van der Waals surface area contributed by atoms with Crippen LogP contribution in [0.4, 0.5) is 11.4 Å². The van der Waals surface area contributed by atoms with E-state index in [2.05, 4.69) is 15.8 Å². The van der Waals surface area contributed by atoms with Gasteiger partial charge in [-0.25, -0.2) is 5.43 Å². The third-order valence-corrected chi connectivity index (χ3v) is 4.84. The van der Waals surface area contributed by atoms with Crippen LogP contribution in [0.25, 0.3) is 21.5 Å². The van der Waals surface area contributed by atoms with Gasteiger partial charge in [0.15, 0.2) is 0 Å². The molecule has 4 rings (SSSR count). The highest BCUT2D eigenvalue weighted by atomic mass is 16.6. The zero-order valence-electron chi connectivity index (χ0n) is 16.3. The SMILES string of the molecule is O=C(CNc1cccc2ccccc12)N/N=C/c1c(O)ccc2cc([N+](=O)[O-])ccc12. The molecule has 0 aliphatic heterocycles. The number of rotatable bonds is 6. The fraction of sp³-hybridized carbons (Fsp3) is 0.0435. The maximum Gasteiger partial charge on any atom is 0.270 e. The van der Waals surface area contributed by atoms with Gasteiger partial charge in [-0.3, -0.25) is 14.9 Å². The first-order chi connectivity index (χ1) is 15.0. The van der Waals surface area contributed by atoms with Crippen LogP contribution in [0.5, 0.6) is 5.75 Å². The summed E-state index contributed by atoms with van der Waals surface area (Å²) in [6.07, 6.45) is 1.32. The molecule has 0 saturated carbocycles. The summed E-state index contributed by atoms with van der Waals surface area (Å²) in [7, 11) is 0. The number of carbonyl (C=O) groups excluding carboxylic acids is 1. The molecule has 0 saturated heterocycles. The Balaban J connectivity index is 1.45. The Morgan fingerprint density at radius 1 is 1.00 bits per heavy atom. The van der Waals surface area contributed by atoms with E-state index in [-0.39, 0.29) is 23.9 Å². The number of benzene rings is 4. The molecule has 154 valence electrons. The van der Waals surface area contributed by atoms with Gasteiger partial charge in [-0.15, -0.1) is 0 Å². The second-order valence-corrected chi connectivity index (χ2v) is 6.83. The highest BCUT2D eigenvalue weighted by Gasteiger charge is 2.10. The van der Waals surface area contributed by atoms with Crippen molar-refractivity contribution in [3.63, 3.8) is 0 Å². The first-order valence-electron chi connectivity index (χ1n) is 9.46. The van der Waals surface area contributed by atoms with Gasteiger partial charge >= 0.3 is 0 Å². The van der Waals surface area contributed by atoms with Crippen LogP contribution >= 0.6 is 0 Å². The second-order valence-electron chi connectivity index (χ2n) is 6.83. The van der Waals surface area contributed by atoms with E-state index >= 15 is 0 Å². The van der Waals surface area contributed by atoms with Crippen molar-refractivity contribution in [2.24, 2.45) is 5.10 Å². The average Bonchev–Trinajstić information content (AvgIpc) is 2.78. The molecule has 8 nitrogen and oxygen atoms in total.